The predicted molar refractivity (Wildman–Crippen MR) is 90.5 cm³/mol. The second kappa shape index (κ2) is 5.99. The lowest BCUT2D eigenvalue weighted by atomic mass is 10.1. The highest BCUT2D eigenvalue weighted by Crippen LogP contribution is 2.33. The van der Waals surface area contributed by atoms with Gasteiger partial charge in [0.25, 0.3) is 0 Å². The van der Waals surface area contributed by atoms with E-state index < -0.39 is 0 Å². The lowest BCUT2D eigenvalue weighted by Crippen LogP contribution is -2.07. The van der Waals surface area contributed by atoms with Crippen LogP contribution in [-0.2, 0) is 7.05 Å². The molecule has 1 aromatic carbocycles. The highest BCUT2D eigenvalue weighted by Gasteiger charge is 2.14. The summed E-state index contributed by atoms with van der Waals surface area (Å²) in [6, 6.07) is 10.5. The van der Waals surface area contributed by atoms with Crippen LogP contribution in [-0.4, -0.2) is 14.8 Å². The Morgan fingerprint density at radius 3 is 2.76 bits per heavy atom. The molecule has 1 unspecified atom stereocenters. The second-order valence-electron chi connectivity index (χ2n) is 4.81. The van der Waals surface area contributed by atoms with Crippen molar-refractivity contribution in [1.29, 1.82) is 0 Å². The summed E-state index contributed by atoms with van der Waals surface area (Å²) < 4.78 is 3.07. The SMILES string of the molecule is CC(Nc1ccccc1-c1nncn1C)c1sccc1Br. The van der Waals surface area contributed by atoms with Crippen molar-refractivity contribution in [1.82, 2.24) is 14.8 Å². The van der Waals surface area contributed by atoms with Gasteiger partial charge in [0.1, 0.15) is 6.33 Å². The van der Waals surface area contributed by atoms with Crippen molar-refractivity contribution in [2.75, 3.05) is 5.32 Å². The van der Waals surface area contributed by atoms with E-state index >= 15 is 0 Å². The fourth-order valence-electron chi connectivity index (χ4n) is 2.24. The highest BCUT2D eigenvalue weighted by molar-refractivity contribution is 9.10. The van der Waals surface area contributed by atoms with E-state index in [9.17, 15) is 0 Å². The highest BCUT2D eigenvalue weighted by atomic mass is 79.9. The molecule has 108 valence electrons. The third-order valence-electron chi connectivity index (χ3n) is 3.29. The third kappa shape index (κ3) is 2.87. The van der Waals surface area contributed by atoms with Crippen molar-refractivity contribution >= 4 is 33.0 Å². The zero-order valence-corrected chi connectivity index (χ0v) is 14.1. The van der Waals surface area contributed by atoms with Crippen LogP contribution < -0.4 is 5.32 Å². The lowest BCUT2D eigenvalue weighted by Gasteiger charge is -2.17. The van der Waals surface area contributed by atoms with E-state index in [2.05, 4.69) is 61.9 Å². The van der Waals surface area contributed by atoms with Crippen molar-refractivity contribution in [2.24, 2.45) is 7.05 Å². The summed E-state index contributed by atoms with van der Waals surface area (Å²) in [5.74, 6) is 0.857. The van der Waals surface area contributed by atoms with Crippen molar-refractivity contribution < 1.29 is 0 Å². The minimum Gasteiger partial charge on any atom is -0.377 e. The molecule has 2 heterocycles. The fourth-order valence-corrected chi connectivity index (χ4v) is 3.97. The molecule has 0 spiro atoms. The molecule has 0 radical (unpaired) electrons. The lowest BCUT2D eigenvalue weighted by molar-refractivity contribution is 0.897. The minimum absolute atomic E-state index is 0.216. The molecular formula is C15H15BrN4S. The van der Waals surface area contributed by atoms with Gasteiger partial charge in [-0.15, -0.1) is 21.5 Å². The van der Waals surface area contributed by atoms with E-state index in [4.69, 9.17) is 0 Å². The number of thiophene rings is 1. The quantitative estimate of drug-likeness (QED) is 0.743. The Morgan fingerprint density at radius 2 is 2.10 bits per heavy atom. The number of nitrogens with one attached hydrogen (secondary N) is 1. The maximum Gasteiger partial charge on any atom is 0.165 e. The number of halogens is 1. The topological polar surface area (TPSA) is 42.7 Å². The minimum atomic E-state index is 0.216. The summed E-state index contributed by atoms with van der Waals surface area (Å²) in [5.41, 5.74) is 2.11. The Kier molecular flexibility index (Phi) is 4.07. The normalized spacial score (nSPS) is 12.3. The molecule has 3 rings (SSSR count). The largest absolute Gasteiger partial charge is 0.377 e. The van der Waals surface area contributed by atoms with E-state index in [0.717, 1.165) is 21.5 Å². The number of rotatable bonds is 4. The van der Waals surface area contributed by atoms with Crippen LogP contribution in [0.25, 0.3) is 11.4 Å². The number of para-hydroxylation sites is 1. The van der Waals surface area contributed by atoms with Crippen molar-refractivity contribution in [2.45, 2.75) is 13.0 Å². The smallest absolute Gasteiger partial charge is 0.165 e. The Hall–Kier alpha value is -1.66. The van der Waals surface area contributed by atoms with Crippen LogP contribution in [0, 0.1) is 0 Å². The van der Waals surface area contributed by atoms with Crippen LogP contribution in [0.1, 0.15) is 17.8 Å². The summed E-state index contributed by atoms with van der Waals surface area (Å²) in [6.45, 7) is 2.16. The molecule has 0 aliphatic rings. The maximum absolute atomic E-state index is 4.20. The monoisotopic (exact) mass is 362 g/mol. The number of aryl methyl sites for hydroxylation is 1. The molecule has 0 bridgehead atoms. The summed E-state index contributed by atoms with van der Waals surface area (Å²) in [4.78, 5) is 1.28. The zero-order chi connectivity index (χ0) is 14.8. The van der Waals surface area contributed by atoms with Gasteiger partial charge in [0.15, 0.2) is 5.82 Å². The predicted octanol–water partition coefficient (Wildman–Crippen LogP) is 4.48. The average Bonchev–Trinajstić information content (AvgIpc) is 3.08. The van der Waals surface area contributed by atoms with Gasteiger partial charge in [-0.1, -0.05) is 12.1 Å². The van der Waals surface area contributed by atoms with Gasteiger partial charge in [-0.3, -0.25) is 0 Å². The fraction of sp³-hybridized carbons (Fsp3) is 0.200. The second-order valence-corrected chi connectivity index (χ2v) is 6.61. The summed E-state index contributed by atoms with van der Waals surface area (Å²) in [5, 5.41) is 13.8. The van der Waals surface area contributed by atoms with Crippen LogP contribution in [0.5, 0.6) is 0 Å². The number of benzene rings is 1. The van der Waals surface area contributed by atoms with Crippen molar-refractivity contribution in [3.05, 3.63) is 51.4 Å². The number of anilines is 1. The van der Waals surface area contributed by atoms with Crippen LogP contribution >= 0.6 is 27.3 Å². The zero-order valence-electron chi connectivity index (χ0n) is 11.7. The van der Waals surface area contributed by atoms with Crippen molar-refractivity contribution in [3.8, 4) is 11.4 Å². The summed E-state index contributed by atoms with van der Waals surface area (Å²) >= 11 is 5.33. The van der Waals surface area contributed by atoms with Gasteiger partial charge in [-0.05, 0) is 46.4 Å². The number of hydrogen-bond donors (Lipinski definition) is 1. The first-order valence-electron chi connectivity index (χ1n) is 6.59. The molecular weight excluding hydrogens is 348 g/mol. The first-order chi connectivity index (χ1) is 10.2. The molecule has 2 aromatic heterocycles. The van der Waals surface area contributed by atoms with Gasteiger partial charge in [-0.25, -0.2) is 0 Å². The first-order valence-corrected chi connectivity index (χ1v) is 8.27. The molecule has 0 amide bonds. The van der Waals surface area contributed by atoms with E-state index in [0.29, 0.717) is 0 Å². The first kappa shape index (κ1) is 14.3. The molecule has 1 atom stereocenters. The molecule has 0 saturated carbocycles. The van der Waals surface area contributed by atoms with Gasteiger partial charge in [0.05, 0.1) is 6.04 Å². The van der Waals surface area contributed by atoms with Gasteiger partial charge in [0.2, 0.25) is 0 Å². The molecule has 21 heavy (non-hydrogen) atoms. The van der Waals surface area contributed by atoms with Gasteiger partial charge in [-0.2, -0.15) is 0 Å². The standard InChI is InChI=1S/C15H15BrN4S/c1-10(14-12(16)7-8-21-14)18-13-6-4-3-5-11(13)15-19-17-9-20(15)2/h3-10,18H,1-2H3. The Labute approximate surface area is 136 Å². The maximum atomic E-state index is 4.20. The number of aromatic nitrogens is 3. The van der Waals surface area contributed by atoms with Gasteiger partial charge >= 0.3 is 0 Å². The Balaban J connectivity index is 1.93. The molecule has 0 saturated heterocycles. The number of hydrogen-bond acceptors (Lipinski definition) is 4. The van der Waals surface area contributed by atoms with Gasteiger partial charge < -0.3 is 9.88 Å². The average molecular weight is 363 g/mol. The van der Waals surface area contributed by atoms with Crippen LogP contribution in [0.4, 0.5) is 5.69 Å². The molecule has 0 aliphatic carbocycles. The Bertz CT molecular complexity index is 749. The van der Waals surface area contributed by atoms with E-state index in [-0.39, 0.29) is 6.04 Å². The Morgan fingerprint density at radius 1 is 1.29 bits per heavy atom. The van der Waals surface area contributed by atoms with E-state index in [1.54, 1.807) is 17.7 Å². The van der Waals surface area contributed by atoms with E-state index in [1.165, 1.54) is 4.88 Å². The molecule has 0 fully saturated rings. The third-order valence-corrected chi connectivity index (χ3v) is 5.34. The molecule has 1 N–H and O–H groups in total. The molecule has 0 aliphatic heterocycles. The summed E-state index contributed by atoms with van der Waals surface area (Å²) in [7, 11) is 1.95. The molecule has 6 heteroatoms. The molecule has 4 nitrogen and oxygen atoms in total. The van der Waals surface area contributed by atoms with E-state index in [1.807, 2.05) is 23.7 Å². The van der Waals surface area contributed by atoms with Gasteiger partial charge in [0, 0.05) is 27.6 Å². The summed E-state index contributed by atoms with van der Waals surface area (Å²) in [6.07, 6.45) is 1.71. The van der Waals surface area contributed by atoms with Crippen LogP contribution in [0.2, 0.25) is 0 Å². The number of nitrogens with zero attached hydrogens (tertiary/aromatic N) is 3. The van der Waals surface area contributed by atoms with Crippen molar-refractivity contribution in [3.63, 3.8) is 0 Å². The van der Waals surface area contributed by atoms with Crippen LogP contribution in [0.15, 0.2) is 46.5 Å². The molecule has 3 aromatic rings. The van der Waals surface area contributed by atoms with Crippen LogP contribution in [0.3, 0.4) is 0 Å².